The second kappa shape index (κ2) is 5.19. The van der Waals surface area contributed by atoms with Gasteiger partial charge in [-0.15, -0.1) is 0 Å². The zero-order chi connectivity index (χ0) is 12.4. The first-order chi connectivity index (χ1) is 8.06. The fourth-order valence-electron chi connectivity index (χ4n) is 2.18. The summed E-state index contributed by atoms with van der Waals surface area (Å²) in [6.07, 6.45) is 4.04. The van der Waals surface area contributed by atoms with Crippen molar-refractivity contribution in [1.82, 2.24) is 14.9 Å². The van der Waals surface area contributed by atoms with Crippen LogP contribution in [0.15, 0.2) is 6.20 Å². The van der Waals surface area contributed by atoms with Gasteiger partial charge < -0.3 is 10.2 Å². The summed E-state index contributed by atoms with van der Waals surface area (Å²) in [6.45, 7) is 5.38. The van der Waals surface area contributed by atoms with E-state index < -0.39 is 0 Å². The van der Waals surface area contributed by atoms with E-state index in [1.807, 2.05) is 6.92 Å². The Balaban J connectivity index is 2.03. The largest absolute Gasteiger partial charge is 0.367 e. The van der Waals surface area contributed by atoms with Gasteiger partial charge in [-0.05, 0) is 45.3 Å². The molecule has 0 radical (unpaired) electrons. The monoisotopic (exact) mass is 254 g/mol. The molecule has 5 heteroatoms. The number of nitrogens with one attached hydrogen (secondary N) is 1. The predicted molar refractivity (Wildman–Crippen MR) is 70.5 cm³/mol. The molecular weight excluding hydrogens is 236 g/mol. The fraction of sp³-hybridized carbons (Fsp3) is 0.667. The molecule has 1 saturated heterocycles. The third kappa shape index (κ3) is 3.07. The second-order valence-electron chi connectivity index (χ2n) is 4.87. The van der Waals surface area contributed by atoms with Crippen LogP contribution in [0.5, 0.6) is 0 Å². The van der Waals surface area contributed by atoms with Gasteiger partial charge in [-0.2, -0.15) is 0 Å². The number of likely N-dealkylation sites (tertiary alicyclic amines) is 1. The first-order valence-electron chi connectivity index (χ1n) is 6.02. The van der Waals surface area contributed by atoms with Crippen molar-refractivity contribution in [3.8, 4) is 0 Å². The van der Waals surface area contributed by atoms with Gasteiger partial charge in [0.05, 0.1) is 0 Å². The average Bonchev–Trinajstić information content (AvgIpc) is 2.29. The lowest BCUT2D eigenvalue weighted by Crippen LogP contribution is -2.42. The quantitative estimate of drug-likeness (QED) is 0.823. The lowest BCUT2D eigenvalue weighted by atomic mass is 9.99. The molecule has 1 fully saturated rings. The van der Waals surface area contributed by atoms with Gasteiger partial charge in [0.15, 0.2) is 0 Å². The molecule has 1 aromatic heterocycles. The number of piperidine rings is 1. The van der Waals surface area contributed by atoms with Crippen LogP contribution >= 0.6 is 11.6 Å². The van der Waals surface area contributed by atoms with Crippen LogP contribution in [0.2, 0.25) is 5.28 Å². The van der Waals surface area contributed by atoms with E-state index in [4.69, 9.17) is 11.6 Å². The van der Waals surface area contributed by atoms with Crippen molar-refractivity contribution in [2.24, 2.45) is 0 Å². The normalized spacial score (nSPS) is 25.9. The number of halogens is 1. The minimum Gasteiger partial charge on any atom is -0.367 e. The van der Waals surface area contributed by atoms with Gasteiger partial charge in [0, 0.05) is 30.4 Å². The van der Waals surface area contributed by atoms with Crippen LogP contribution in [0.4, 0.5) is 5.82 Å². The molecule has 0 spiro atoms. The van der Waals surface area contributed by atoms with Crippen LogP contribution in [0.25, 0.3) is 0 Å². The van der Waals surface area contributed by atoms with Gasteiger partial charge in [-0.1, -0.05) is 0 Å². The van der Waals surface area contributed by atoms with E-state index >= 15 is 0 Å². The van der Waals surface area contributed by atoms with E-state index in [1.54, 1.807) is 6.20 Å². The molecule has 2 atom stereocenters. The van der Waals surface area contributed by atoms with Gasteiger partial charge in [0.2, 0.25) is 5.28 Å². The Hall–Kier alpha value is -0.870. The van der Waals surface area contributed by atoms with Gasteiger partial charge in [0.25, 0.3) is 0 Å². The molecule has 1 aromatic rings. The summed E-state index contributed by atoms with van der Waals surface area (Å²) in [5.41, 5.74) is 1.04. The van der Waals surface area contributed by atoms with Crippen LogP contribution in [-0.4, -0.2) is 40.5 Å². The molecule has 0 bridgehead atoms. The highest BCUT2D eigenvalue weighted by Crippen LogP contribution is 2.21. The van der Waals surface area contributed by atoms with Crippen molar-refractivity contribution in [2.45, 2.75) is 38.8 Å². The number of hydrogen-bond donors (Lipinski definition) is 1. The third-order valence-electron chi connectivity index (χ3n) is 3.49. The first kappa shape index (κ1) is 12.6. The third-order valence-corrected chi connectivity index (χ3v) is 3.67. The molecule has 1 aliphatic rings. The second-order valence-corrected chi connectivity index (χ2v) is 5.20. The Bertz CT molecular complexity index is 396. The van der Waals surface area contributed by atoms with Crippen molar-refractivity contribution >= 4 is 17.4 Å². The summed E-state index contributed by atoms with van der Waals surface area (Å²) in [5.74, 6) is 0.867. The Morgan fingerprint density at radius 1 is 1.53 bits per heavy atom. The van der Waals surface area contributed by atoms with Crippen molar-refractivity contribution in [1.29, 1.82) is 0 Å². The number of aromatic nitrogens is 2. The highest BCUT2D eigenvalue weighted by atomic mass is 35.5. The van der Waals surface area contributed by atoms with Crippen LogP contribution in [-0.2, 0) is 0 Å². The van der Waals surface area contributed by atoms with Crippen molar-refractivity contribution < 1.29 is 0 Å². The van der Waals surface area contributed by atoms with Gasteiger partial charge >= 0.3 is 0 Å². The molecule has 0 amide bonds. The van der Waals surface area contributed by atoms with E-state index in [0.29, 0.717) is 17.4 Å². The summed E-state index contributed by atoms with van der Waals surface area (Å²) in [4.78, 5) is 10.6. The van der Waals surface area contributed by atoms with Gasteiger partial charge in [-0.25, -0.2) is 9.97 Å². The molecule has 1 aliphatic heterocycles. The summed E-state index contributed by atoms with van der Waals surface area (Å²) < 4.78 is 0. The van der Waals surface area contributed by atoms with E-state index in [-0.39, 0.29) is 0 Å². The highest BCUT2D eigenvalue weighted by Gasteiger charge is 2.23. The Morgan fingerprint density at radius 3 is 3.00 bits per heavy atom. The summed E-state index contributed by atoms with van der Waals surface area (Å²) in [5, 5.41) is 3.78. The summed E-state index contributed by atoms with van der Waals surface area (Å²) >= 11 is 5.82. The molecule has 4 nitrogen and oxygen atoms in total. The number of anilines is 1. The zero-order valence-corrected chi connectivity index (χ0v) is 11.3. The standard InChI is InChI=1S/C12H19ClN4/c1-8-7-14-12(13)16-11(8)15-10-4-5-17(3)9(2)6-10/h7,9-10H,4-6H2,1-3H3,(H,14,15,16). The highest BCUT2D eigenvalue weighted by molar-refractivity contribution is 6.28. The number of hydrogen-bond acceptors (Lipinski definition) is 4. The van der Waals surface area contributed by atoms with Crippen molar-refractivity contribution in [2.75, 3.05) is 18.9 Å². The zero-order valence-electron chi connectivity index (χ0n) is 10.6. The van der Waals surface area contributed by atoms with Crippen LogP contribution in [0, 0.1) is 6.92 Å². The van der Waals surface area contributed by atoms with E-state index in [0.717, 1.165) is 30.8 Å². The van der Waals surface area contributed by atoms with Gasteiger partial charge in [0.1, 0.15) is 5.82 Å². The maximum Gasteiger partial charge on any atom is 0.224 e. The summed E-state index contributed by atoms with van der Waals surface area (Å²) in [6, 6.07) is 1.09. The Kier molecular flexibility index (Phi) is 3.84. The Labute approximate surface area is 107 Å². The molecule has 0 saturated carbocycles. The molecule has 94 valence electrons. The topological polar surface area (TPSA) is 41.1 Å². The Morgan fingerprint density at radius 2 is 2.29 bits per heavy atom. The lowest BCUT2D eigenvalue weighted by Gasteiger charge is -2.35. The van der Waals surface area contributed by atoms with Crippen LogP contribution < -0.4 is 5.32 Å². The van der Waals surface area contributed by atoms with E-state index in [9.17, 15) is 0 Å². The SMILES string of the molecule is Cc1cnc(Cl)nc1NC1CCN(C)C(C)C1. The lowest BCUT2D eigenvalue weighted by molar-refractivity contribution is 0.190. The number of aryl methyl sites for hydroxylation is 1. The van der Waals surface area contributed by atoms with Crippen LogP contribution in [0.1, 0.15) is 25.3 Å². The first-order valence-corrected chi connectivity index (χ1v) is 6.40. The average molecular weight is 255 g/mol. The maximum absolute atomic E-state index is 5.82. The number of nitrogens with zero attached hydrogens (tertiary/aromatic N) is 3. The maximum atomic E-state index is 5.82. The van der Waals surface area contributed by atoms with E-state index in [2.05, 4.69) is 34.2 Å². The number of rotatable bonds is 2. The van der Waals surface area contributed by atoms with Crippen molar-refractivity contribution in [3.63, 3.8) is 0 Å². The van der Waals surface area contributed by atoms with E-state index in [1.165, 1.54) is 0 Å². The minimum absolute atomic E-state index is 0.305. The molecule has 17 heavy (non-hydrogen) atoms. The minimum atomic E-state index is 0.305. The smallest absolute Gasteiger partial charge is 0.224 e. The molecule has 0 aliphatic carbocycles. The van der Waals surface area contributed by atoms with Crippen molar-refractivity contribution in [3.05, 3.63) is 17.0 Å². The molecule has 0 aromatic carbocycles. The molecule has 2 heterocycles. The molecule has 1 N–H and O–H groups in total. The summed E-state index contributed by atoms with van der Waals surface area (Å²) in [7, 11) is 2.17. The van der Waals surface area contributed by atoms with Crippen LogP contribution in [0.3, 0.4) is 0 Å². The fourth-order valence-corrected chi connectivity index (χ4v) is 2.31. The molecule has 2 rings (SSSR count). The molecule has 2 unspecified atom stereocenters. The predicted octanol–water partition coefficient (Wildman–Crippen LogP) is 2.33. The molecular formula is C12H19ClN4. The van der Waals surface area contributed by atoms with Gasteiger partial charge in [-0.3, -0.25) is 0 Å².